The number of esters is 1. The van der Waals surface area contributed by atoms with E-state index in [0.29, 0.717) is 11.3 Å². The van der Waals surface area contributed by atoms with Crippen LogP contribution in [0.4, 0.5) is 5.69 Å². The third kappa shape index (κ3) is 3.17. The van der Waals surface area contributed by atoms with E-state index in [9.17, 15) is 9.59 Å². The molecule has 0 bridgehead atoms. The van der Waals surface area contributed by atoms with Gasteiger partial charge in [0.15, 0.2) is 12.3 Å². The molecule has 0 aliphatic heterocycles. The molecule has 3 aromatic rings. The Kier molecular flexibility index (Phi) is 4.37. The van der Waals surface area contributed by atoms with Gasteiger partial charge in [-0.25, -0.2) is 4.79 Å². The van der Waals surface area contributed by atoms with Gasteiger partial charge in [0.1, 0.15) is 0 Å². The Hall–Kier alpha value is -3.42. The summed E-state index contributed by atoms with van der Waals surface area (Å²) in [5.41, 5.74) is 1.23. The Morgan fingerprint density at radius 1 is 1.12 bits per heavy atom. The molecule has 0 spiro atoms. The number of nitrogens with zero attached hydrogens (tertiary/aromatic N) is 3. The fraction of sp³-hybridized carbons (Fsp3) is 0.125. The average molecular weight is 326 g/mol. The highest BCUT2D eigenvalue weighted by molar-refractivity contribution is 6.01. The van der Waals surface area contributed by atoms with Crippen LogP contribution in [0.15, 0.2) is 48.7 Å². The van der Waals surface area contributed by atoms with E-state index >= 15 is 0 Å². The van der Waals surface area contributed by atoms with E-state index in [1.165, 1.54) is 7.11 Å². The molecule has 0 saturated carbocycles. The van der Waals surface area contributed by atoms with Crippen molar-refractivity contribution in [3.63, 3.8) is 0 Å². The largest absolute Gasteiger partial charge is 0.465 e. The zero-order valence-corrected chi connectivity index (χ0v) is 12.8. The number of ether oxygens (including phenoxy) is 2. The highest BCUT2D eigenvalue weighted by Crippen LogP contribution is 2.16. The molecule has 2 heterocycles. The number of fused-ring (bicyclic) bond motifs is 1. The van der Waals surface area contributed by atoms with Gasteiger partial charge < -0.3 is 14.8 Å². The number of methoxy groups -OCH3 is 1. The summed E-state index contributed by atoms with van der Waals surface area (Å²) in [6, 6.07) is 12.2. The van der Waals surface area contributed by atoms with Crippen molar-refractivity contribution in [3.05, 3.63) is 54.2 Å². The number of hydrogen-bond donors (Lipinski definition) is 1. The predicted octanol–water partition coefficient (Wildman–Crippen LogP) is 1.53. The smallest absolute Gasteiger partial charge is 0.339 e. The number of pyridine rings is 1. The van der Waals surface area contributed by atoms with Gasteiger partial charge in [-0.1, -0.05) is 23.3 Å². The van der Waals surface area contributed by atoms with Crippen LogP contribution in [-0.4, -0.2) is 40.2 Å². The molecule has 0 aliphatic rings. The molecule has 1 N–H and O–H groups in total. The Balaban J connectivity index is 1.67. The van der Waals surface area contributed by atoms with Crippen molar-refractivity contribution in [1.29, 1.82) is 0 Å². The van der Waals surface area contributed by atoms with Gasteiger partial charge in [0.05, 0.1) is 18.4 Å². The molecule has 0 saturated heterocycles. The van der Waals surface area contributed by atoms with E-state index in [2.05, 4.69) is 20.3 Å². The van der Waals surface area contributed by atoms with Gasteiger partial charge >= 0.3 is 12.0 Å². The number of rotatable bonds is 5. The van der Waals surface area contributed by atoms with Crippen LogP contribution in [0.25, 0.3) is 5.65 Å². The zero-order chi connectivity index (χ0) is 16.9. The fourth-order valence-electron chi connectivity index (χ4n) is 2.11. The maximum atomic E-state index is 12.1. The summed E-state index contributed by atoms with van der Waals surface area (Å²) in [7, 11) is 1.28. The summed E-state index contributed by atoms with van der Waals surface area (Å²) >= 11 is 0. The number of amides is 1. The minimum Gasteiger partial charge on any atom is -0.465 e. The number of para-hydroxylation sites is 1. The maximum absolute atomic E-state index is 12.1. The number of hydrogen-bond acceptors (Lipinski definition) is 6. The molecule has 0 unspecified atom stereocenters. The molecule has 24 heavy (non-hydrogen) atoms. The van der Waals surface area contributed by atoms with Crippen LogP contribution in [0.5, 0.6) is 6.01 Å². The summed E-state index contributed by atoms with van der Waals surface area (Å²) in [5, 5.41) is 10.4. The van der Waals surface area contributed by atoms with E-state index in [4.69, 9.17) is 4.74 Å². The number of carbonyl (C=O) groups is 2. The van der Waals surface area contributed by atoms with Crippen LogP contribution >= 0.6 is 0 Å². The van der Waals surface area contributed by atoms with Crippen molar-refractivity contribution in [3.8, 4) is 6.01 Å². The first-order valence-electron chi connectivity index (χ1n) is 7.09. The minimum absolute atomic E-state index is 0.210. The van der Waals surface area contributed by atoms with Crippen LogP contribution in [0.1, 0.15) is 10.4 Å². The average Bonchev–Trinajstić information content (AvgIpc) is 3.03. The molecular formula is C16H14N4O4. The molecule has 3 rings (SSSR count). The second-order valence-corrected chi connectivity index (χ2v) is 4.79. The number of anilines is 1. The summed E-state index contributed by atoms with van der Waals surface area (Å²) in [6.07, 6.45) is 1.73. The first-order valence-corrected chi connectivity index (χ1v) is 7.09. The molecule has 0 atom stereocenters. The Bertz CT molecular complexity index is 890. The molecule has 0 radical (unpaired) electrons. The fourth-order valence-corrected chi connectivity index (χ4v) is 2.11. The van der Waals surface area contributed by atoms with Crippen molar-refractivity contribution in [2.45, 2.75) is 0 Å². The van der Waals surface area contributed by atoms with Gasteiger partial charge in [0, 0.05) is 6.20 Å². The van der Waals surface area contributed by atoms with E-state index in [-0.39, 0.29) is 18.2 Å². The minimum atomic E-state index is -0.532. The molecule has 8 heteroatoms. The van der Waals surface area contributed by atoms with E-state index < -0.39 is 11.9 Å². The standard InChI is InChI=1S/C16H14N4O4/c1-23-15(22)11-6-2-3-7-12(11)17-14(21)10-24-16-19-18-13-8-4-5-9-20(13)16/h2-9H,10H2,1H3,(H,17,21). The van der Waals surface area contributed by atoms with E-state index in [1.54, 1.807) is 47.0 Å². The second-order valence-electron chi connectivity index (χ2n) is 4.79. The van der Waals surface area contributed by atoms with Gasteiger partial charge in [-0.3, -0.25) is 9.20 Å². The third-order valence-corrected chi connectivity index (χ3v) is 3.22. The lowest BCUT2D eigenvalue weighted by atomic mass is 10.2. The van der Waals surface area contributed by atoms with Gasteiger partial charge in [-0.15, -0.1) is 5.10 Å². The van der Waals surface area contributed by atoms with Crippen molar-refractivity contribution in [2.24, 2.45) is 0 Å². The summed E-state index contributed by atoms with van der Waals surface area (Å²) in [5.74, 6) is -0.964. The lowest BCUT2D eigenvalue weighted by Gasteiger charge is -2.09. The monoisotopic (exact) mass is 326 g/mol. The Morgan fingerprint density at radius 2 is 1.92 bits per heavy atom. The van der Waals surface area contributed by atoms with Gasteiger partial charge in [-0.2, -0.15) is 0 Å². The number of benzene rings is 1. The van der Waals surface area contributed by atoms with Crippen LogP contribution in [0.2, 0.25) is 0 Å². The molecule has 1 amide bonds. The highest BCUT2D eigenvalue weighted by Gasteiger charge is 2.14. The van der Waals surface area contributed by atoms with Crippen molar-refractivity contribution >= 4 is 23.2 Å². The molecular weight excluding hydrogens is 312 g/mol. The zero-order valence-electron chi connectivity index (χ0n) is 12.8. The molecule has 2 aromatic heterocycles. The normalized spacial score (nSPS) is 10.4. The Labute approximate surface area is 137 Å². The van der Waals surface area contributed by atoms with Gasteiger partial charge in [0.25, 0.3) is 5.91 Å². The van der Waals surface area contributed by atoms with Crippen LogP contribution in [0, 0.1) is 0 Å². The SMILES string of the molecule is COC(=O)c1ccccc1NC(=O)COc1nnc2ccccn12. The first kappa shape index (κ1) is 15.5. The topological polar surface area (TPSA) is 94.8 Å². The predicted molar refractivity (Wildman–Crippen MR) is 84.9 cm³/mol. The third-order valence-electron chi connectivity index (χ3n) is 3.22. The summed E-state index contributed by atoms with van der Waals surface area (Å²) < 4.78 is 11.7. The number of aromatic nitrogens is 3. The first-order chi connectivity index (χ1) is 11.7. The lowest BCUT2D eigenvalue weighted by molar-refractivity contribution is -0.118. The lowest BCUT2D eigenvalue weighted by Crippen LogP contribution is -2.22. The summed E-state index contributed by atoms with van der Waals surface area (Å²) in [6.45, 7) is -0.273. The number of nitrogens with one attached hydrogen (secondary N) is 1. The molecule has 8 nitrogen and oxygen atoms in total. The molecule has 122 valence electrons. The quantitative estimate of drug-likeness (QED) is 0.715. The molecule has 1 aromatic carbocycles. The van der Waals surface area contributed by atoms with Crippen LogP contribution in [0.3, 0.4) is 0 Å². The van der Waals surface area contributed by atoms with Crippen molar-refractivity contribution in [1.82, 2.24) is 14.6 Å². The van der Waals surface area contributed by atoms with Crippen LogP contribution < -0.4 is 10.1 Å². The van der Waals surface area contributed by atoms with Gasteiger partial charge in [-0.05, 0) is 24.3 Å². The van der Waals surface area contributed by atoms with Crippen LogP contribution in [-0.2, 0) is 9.53 Å². The summed E-state index contributed by atoms with van der Waals surface area (Å²) in [4.78, 5) is 23.7. The van der Waals surface area contributed by atoms with E-state index in [1.807, 2.05) is 6.07 Å². The van der Waals surface area contributed by atoms with Crippen molar-refractivity contribution < 1.29 is 19.1 Å². The molecule has 0 aliphatic carbocycles. The Morgan fingerprint density at radius 3 is 2.75 bits per heavy atom. The highest BCUT2D eigenvalue weighted by atomic mass is 16.5. The maximum Gasteiger partial charge on any atom is 0.339 e. The van der Waals surface area contributed by atoms with Gasteiger partial charge in [0.2, 0.25) is 0 Å². The van der Waals surface area contributed by atoms with E-state index in [0.717, 1.165) is 0 Å². The number of carbonyl (C=O) groups excluding carboxylic acids is 2. The molecule has 0 fully saturated rings. The second kappa shape index (κ2) is 6.78. The van der Waals surface area contributed by atoms with Crippen molar-refractivity contribution in [2.75, 3.05) is 19.0 Å².